The van der Waals surface area contributed by atoms with Gasteiger partial charge < -0.3 is 10.4 Å². The third-order valence-corrected chi connectivity index (χ3v) is 2.62. The molecule has 1 unspecified atom stereocenters. The lowest BCUT2D eigenvalue weighted by Gasteiger charge is -2.14. The molecule has 0 fully saturated rings. The molecule has 0 bridgehead atoms. The molecule has 0 aromatic heterocycles. The summed E-state index contributed by atoms with van der Waals surface area (Å²) in [6.45, 7) is 3.36. The van der Waals surface area contributed by atoms with Crippen molar-refractivity contribution in [1.29, 1.82) is 0 Å². The average molecular weight is 253 g/mol. The SMILES string of the molecule is CCCC(NC(=O)c1cccc(C)c1F)C(=O)O. The Labute approximate surface area is 105 Å². The largest absolute Gasteiger partial charge is 0.480 e. The van der Waals surface area contributed by atoms with Gasteiger partial charge in [0.15, 0.2) is 0 Å². The Hall–Kier alpha value is -1.91. The Morgan fingerprint density at radius 2 is 2.11 bits per heavy atom. The number of amides is 1. The number of aryl methyl sites for hydroxylation is 1. The van der Waals surface area contributed by atoms with Gasteiger partial charge in [-0.15, -0.1) is 0 Å². The van der Waals surface area contributed by atoms with Crippen molar-refractivity contribution in [2.45, 2.75) is 32.7 Å². The molecule has 0 aliphatic carbocycles. The highest BCUT2D eigenvalue weighted by Gasteiger charge is 2.21. The second-order valence-corrected chi connectivity index (χ2v) is 4.09. The van der Waals surface area contributed by atoms with E-state index in [1.165, 1.54) is 6.07 Å². The maximum atomic E-state index is 13.7. The van der Waals surface area contributed by atoms with Gasteiger partial charge >= 0.3 is 5.97 Å². The zero-order valence-electron chi connectivity index (χ0n) is 10.4. The van der Waals surface area contributed by atoms with Crippen LogP contribution < -0.4 is 5.32 Å². The lowest BCUT2D eigenvalue weighted by atomic mass is 10.1. The molecule has 1 rings (SSSR count). The standard InChI is InChI=1S/C13H16FNO3/c1-3-5-10(13(17)18)15-12(16)9-7-4-6-8(2)11(9)14/h4,6-7,10H,3,5H2,1-2H3,(H,15,16)(H,17,18). The van der Waals surface area contributed by atoms with Crippen molar-refractivity contribution in [2.24, 2.45) is 0 Å². The summed E-state index contributed by atoms with van der Waals surface area (Å²) in [5.41, 5.74) is 0.224. The molecule has 1 aromatic carbocycles. The highest BCUT2D eigenvalue weighted by atomic mass is 19.1. The van der Waals surface area contributed by atoms with Crippen molar-refractivity contribution < 1.29 is 19.1 Å². The first-order valence-electron chi connectivity index (χ1n) is 5.76. The van der Waals surface area contributed by atoms with E-state index in [2.05, 4.69) is 5.32 Å². The van der Waals surface area contributed by atoms with Gasteiger partial charge in [-0.3, -0.25) is 4.79 Å². The number of carbonyl (C=O) groups is 2. The molecule has 1 aromatic rings. The predicted molar refractivity (Wildman–Crippen MR) is 64.9 cm³/mol. The lowest BCUT2D eigenvalue weighted by molar-refractivity contribution is -0.139. The first-order chi connectivity index (χ1) is 8.47. The molecule has 0 radical (unpaired) electrons. The minimum atomic E-state index is -1.11. The zero-order valence-corrected chi connectivity index (χ0v) is 10.4. The second-order valence-electron chi connectivity index (χ2n) is 4.09. The normalized spacial score (nSPS) is 11.9. The number of benzene rings is 1. The van der Waals surface area contributed by atoms with Crippen LogP contribution in [-0.4, -0.2) is 23.0 Å². The fourth-order valence-electron chi connectivity index (χ4n) is 1.60. The third kappa shape index (κ3) is 3.29. The lowest BCUT2D eigenvalue weighted by Crippen LogP contribution is -2.41. The Balaban J connectivity index is 2.87. The maximum absolute atomic E-state index is 13.7. The third-order valence-electron chi connectivity index (χ3n) is 2.62. The molecular weight excluding hydrogens is 237 g/mol. The minimum absolute atomic E-state index is 0.127. The van der Waals surface area contributed by atoms with Crippen molar-refractivity contribution in [3.63, 3.8) is 0 Å². The second kappa shape index (κ2) is 6.14. The molecule has 18 heavy (non-hydrogen) atoms. The van der Waals surface area contributed by atoms with E-state index in [-0.39, 0.29) is 5.56 Å². The van der Waals surface area contributed by atoms with E-state index in [4.69, 9.17) is 5.11 Å². The van der Waals surface area contributed by atoms with E-state index < -0.39 is 23.7 Å². The van der Waals surface area contributed by atoms with E-state index >= 15 is 0 Å². The van der Waals surface area contributed by atoms with Crippen molar-refractivity contribution >= 4 is 11.9 Å². The number of hydrogen-bond acceptors (Lipinski definition) is 2. The van der Waals surface area contributed by atoms with Crippen LogP contribution in [0, 0.1) is 12.7 Å². The summed E-state index contributed by atoms with van der Waals surface area (Å²) in [5.74, 6) is -2.43. The molecule has 98 valence electrons. The van der Waals surface area contributed by atoms with Gasteiger partial charge in [-0.1, -0.05) is 25.5 Å². The van der Waals surface area contributed by atoms with Crippen LogP contribution in [0.4, 0.5) is 4.39 Å². The summed E-state index contributed by atoms with van der Waals surface area (Å²) in [7, 11) is 0. The predicted octanol–water partition coefficient (Wildman–Crippen LogP) is 2.12. The first kappa shape index (κ1) is 14.2. The van der Waals surface area contributed by atoms with Crippen LogP contribution in [0.25, 0.3) is 0 Å². The van der Waals surface area contributed by atoms with Gasteiger partial charge in [-0.05, 0) is 25.0 Å². The molecule has 5 heteroatoms. The van der Waals surface area contributed by atoms with E-state index in [0.717, 1.165) is 0 Å². The van der Waals surface area contributed by atoms with Gasteiger partial charge in [-0.2, -0.15) is 0 Å². The molecule has 2 N–H and O–H groups in total. The minimum Gasteiger partial charge on any atom is -0.480 e. The summed E-state index contributed by atoms with van der Waals surface area (Å²) in [6.07, 6.45) is 0.933. The van der Waals surface area contributed by atoms with Crippen molar-refractivity contribution in [3.05, 3.63) is 35.1 Å². The number of halogens is 1. The van der Waals surface area contributed by atoms with Crippen molar-refractivity contribution in [3.8, 4) is 0 Å². The van der Waals surface area contributed by atoms with Crippen LogP contribution in [0.1, 0.15) is 35.7 Å². The van der Waals surface area contributed by atoms with Gasteiger partial charge in [0.25, 0.3) is 5.91 Å². The Kier molecular flexibility index (Phi) is 4.83. The van der Waals surface area contributed by atoms with Crippen LogP contribution in [0.2, 0.25) is 0 Å². The summed E-state index contributed by atoms with van der Waals surface area (Å²) < 4.78 is 13.7. The molecule has 0 heterocycles. The van der Waals surface area contributed by atoms with Crippen LogP contribution >= 0.6 is 0 Å². The van der Waals surface area contributed by atoms with Crippen LogP contribution in [0.3, 0.4) is 0 Å². The first-order valence-corrected chi connectivity index (χ1v) is 5.76. The van der Waals surface area contributed by atoms with E-state index in [9.17, 15) is 14.0 Å². The number of rotatable bonds is 5. The number of aliphatic carboxylic acids is 1. The summed E-state index contributed by atoms with van der Waals surface area (Å²) in [6, 6.07) is 3.46. The van der Waals surface area contributed by atoms with E-state index in [0.29, 0.717) is 18.4 Å². The molecule has 1 amide bonds. The highest BCUT2D eigenvalue weighted by Crippen LogP contribution is 2.12. The van der Waals surface area contributed by atoms with Crippen LogP contribution in [0.5, 0.6) is 0 Å². The Bertz CT molecular complexity index is 460. The monoisotopic (exact) mass is 253 g/mol. The topological polar surface area (TPSA) is 66.4 Å². The number of nitrogens with one attached hydrogen (secondary N) is 1. The molecule has 4 nitrogen and oxygen atoms in total. The van der Waals surface area contributed by atoms with Gasteiger partial charge in [-0.25, -0.2) is 9.18 Å². The van der Waals surface area contributed by atoms with Crippen molar-refractivity contribution in [2.75, 3.05) is 0 Å². The van der Waals surface area contributed by atoms with Crippen LogP contribution in [-0.2, 0) is 4.79 Å². The maximum Gasteiger partial charge on any atom is 0.326 e. The average Bonchev–Trinajstić information content (AvgIpc) is 2.31. The van der Waals surface area contributed by atoms with Crippen LogP contribution in [0.15, 0.2) is 18.2 Å². The van der Waals surface area contributed by atoms with Gasteiger partial charge in [0.05, 0.1) is 5.56 Å². The van der Waals surface area contributed by atoms with Crippen molar-refractivity contribution in [1.82, 2.24) is 5.32 Å². The summed E-state index contributed by atoms with van der Waals surface area (Å²) in [4.78, 5) is 22.7. The fourth-order valence-corrected chi connectivity index (χ4v) is 1.60. The smallest absolute Gasteiger partial charge is 0.326 e. The van der Waals surface area contributed by atoms with Gasteiger partial charge in [0.1, 0.15) is 11.9 Å². The molecule has 0 aliphatic heterocycles. The quantitative estimate of drug-likeness (QED) is 0.844. The zero-order chi connectivity index (χ0) is 13.7. The molecule has 0 spiro atoms. The van der Waals surface area contributed by atoms with Gasteiger partial charge in [0.2, 0.25) is 0 Å². The number of carboxylic acids is 1. The fraction of sp³-hybridized carbons (Fsp3) is 0.385. The Morgan fingerprint density at radius 1 is 1.44 bits per heavy atom. The number of carbonyl (C=O) groups excluding carboxylic acids is 1. The molecule has 1 atom stereocenters. The van der Waals surface area contributed by atoms with E-state index in [1.54, 1.807) is 19.1 Å². The highest BCUT2D eigenvalue weighted by molar-refractivity contribution is 5.96. The van der Waals surface area contributed by atoms with E-state index in [1.807, 2.05) is 6.92 Å². The molecule has 0 saturated heterocycles. The number of hydrogen-bond donors (Lipinski definition) is 2. The molecule has 0 aliphatic rings. The number of carboxylic acid groups (broad SMARTS) is 1. The summed E-state index contributed by atoms with van der Waals surface area (Å²) >= 11 is 0. The summed E-state index contributed by atoms with van der Waals surface area (Å²) in [5, 5.41) is 11.2. The van der Waals surface area contributed by atoms with Gasteiger partial charge in [0, 0.05) is 0 Å². The Morgan fingerprint density at radius 3 is 2.67 bits per heavy atom. The molecular formula is C13H16FNO3. The molecule has 0 saturated carbocycles.